The molecule has 3 rings (SSSR count). The molecule has 2 aromatic heterocycles. The Hall–Kier alpha value is -3.29. The van der Waals surface area contributed by atoms with E-state index in [0.717, 1.165) is 5.56 Å². The molecule has 0 saturated carbocycles. The molecule has 0 bridgehead atoms. The third-order valence-corrected chi connectivity index (χ3v) is 4.82. The molecule has 33 heavy (non-hydrogen) atoms. The second-order valence-corrected chi connectivity index (χ2v) is 9.81. The molecule has 3 aromatic rings. The largest absolute Gasteiger partial charge is 0.488 e. The van der Waals surface area contributed by atoms with Gasteiger partial charge in [0.25, 0.3) is 0 Å². The van der Waals surface area contributed by atoms with Gasteiger partial charge in [0.15, 0.2) is 17.2 Å². The first-order valence-corrected chi connectivity index (χ1v) is 11.0. The molecule has 0 unspecified atom stereocenters. The summed E-state index contributed by atoms with van der Waals surface area (Å²) in [7, 11) is 0. The number of ether oxygens (including phenoxy) is 2. The Morgan fingerprint density at radius 3 is 2.42 bits per heavy atom. The normalized spacial score (nSPS) is 13.6. The van der Waals surface area contributed by atoms with Crippen LogP contribution in [0.5, 0.6) is 5.75 Å². The van der Waals surface area contributed by atoms with E-state index in [1.807, 2.05) is 20.8 Å². The maximum absolute atomic E-state index is 15.0. The highest BCUT2D eigenvalue weighted by atomic mass is 19.1. The molecule has 176 valence electrons. The Morgan fingerprint density at radius 1 is 1.06 bits per heavy atom. The number of alkyl carbamates (subject to hydrolysis) is 1. The van der Waals surface area contributed by atoms with Crippen LogP contribution < -0.4 is 10.1 Å². The maximum Gasteiger partial charge on any atom is 0.408 e. The number of nitrogens with zero attached hydrogens (tertiary/aromatic N) is 3. The predicted octanol–water partition coefficient (Wildman–Crippen LogP) is 5.54. The van der Waals surface area contributed by atoms with Crippen molar-refractivity contribution in [1.29, 1.82) is 0 Å². The van der Waals surface area contributed by atoms with Crippen LogP contribution in [0.3, 0.4) is 0 Å². The van der Waals surface area contributed by atoms with Gasteiger partial charge in [-0.2, -0.15) is 0 Å². The number of aromatic nitrogens is 3. The zero-order valence-electron chi connectivity index (χ0n) is 20.0. The monoisotopic (exact) mass is 454 g/mol. The topological polar surface area (TPSA) is 86.2 Å². The number of halogens is 1. The van der Waals surface area contributed by atoms with Gasteiger partial charge in [0.05, 0.1) is 5.54 Å². The predicted molar refractivity (Wildman–Crippen MR) is 125 cm³/mol. The van der Waals surface area contributed by atoms with Crippen LogP contribution in [-0.4, -0.2) is 38.8 Å². The number of pyridine rings is 1. The van der Waals surface area contributed by atoms with Gasteiger partial charge < -0.3 is 14.8 Å². The van der Waals surface area contributed by atoms with Crippen LogP contribution in [0.2, 0.25) is 0 Å². The maximum atomic E-state index is 15.0. The fourth-order valence-electron chi connectivity index (χ4n) is 3.73. The highest BCUT2D eigenvalue weighted by Gasteiger charge is 2.31. The van der Waals surface area contributed by atoms with Crippen molar-refractivity contribution in [3.05, 3.63) is 48.7 Å². The average molecular weight is 455 g/mol. The van der Waals surface area contributed by atoms with E-state index in [1.54, 1.807) is 57.6 Å². The summed E-state index contributed by atoms with van der Waals surface area (Å²) >= 11 is 0. The molecular weight excluding hydrogens is 423 g/mol. The van der Waals surface area contributed by atoms with E-state index < -0.39 is 23.1 Å². The van der Waals surface area contributed by atoms with Crippen LogP contribution in [0.15, 0.2) is 42.9 Å². The summed E-state index contributed by atoms with van der Waals surface area (Å²) in [4.78, 5) is 25.1. The van der Waals surface area contributed by atoms with Crippen molar-refractivity contribution >= 4 is 17.3 Å². The summed E-state index contributed by atoms with van der Waals surface area (Å²) < 4.78 is 26.2. The van der Waals surface area contributed by atoms with Crippen LogP contribution >= 0.6 is 0 Å². The SMILES string of the molecule is CC(C)C[C@@](C)(COc1ccc(-c2ccnc3nccnc23)cc1F)NC(=O)OC(C)(C)C. The molecule has 2 heterocycles. The second-order valence-electron chi connectivity index (χ2n) is 9.81. The molecule has 7 nitrogen and oxygen atoms in total. The number of fused-ring (bicyclic) bond motifs is 1. The molecule has 1 amide bonds. The smallest absolute Gasteiger partial charge is 0.408 e. The number of carbonyl (C=O) groups excluding carboxylic acids is 1. The Morgan fingerprint density at radius 2 is 1.76 bits per heavy atom. The van der Waals surface area contributed by atoms with Crippen molar-refractivity contribution in [2.24, 2.45) is 5.92 Å². The minimum atomic E-state index is -0.738. The van der Waals surface area contributed by atoms with Crippen molar-refractivity contribution in [1.82, 2.24) is 20.3 Å². The molecule has 0 saturated heterocycles. The highest BCUT2D eigenvalue weighted by Crippen LogP contribution is 2.30. The van der Waals surface area contributed by atoms with Crippen LogP contribution in [0.25, 0.3) is 22.3 Å². The molecule has 0 aliphatic carbocycles. The number of hydrogen-bond donors (Lipinski definition) is 1. The van der Waals surface area contributed by atoms with Crippen molar-refractivity contribution in [2.45, 2.75) is 59.1 Å². The molecule has 0 aliphatic heterocycles. The second kappa shape index (κ2) is 9.68. The van der Waals surface area contributed by atoms with Gasteiger partial charge in [-0.1, -0.05) is 19.9 Å². The number of hydrogen-bond acceptors (Lipinski definition) is 6. The van der Waals surface area contributed by atoms with Crippen LogP contribution in [0.4, 0.5) is 9.18 Å². The molecule has 8 heteroatoms. The molecule has 1 atom stereocenters. The summed E-state index contributed by atoms with van der Waals surface area (Å²) in [6.45, 7) is 11.5. The first kappa shape index (κ1) is 24.4. The Labute approximate surface area is 193 Å². The third kappa shape index (κ3) is 6.60. The lowest BCUT2D eigenvalue weighted by molar-refractivity contribution is 0.0406. The fraction of sp³-hybridized carbons (Fsp3) is 0.440. The van der Waals surface area contributed by atoms with Gasteiger partial charge in [0.2, 0.25) is 0 Å². The molecule has 0 spiro atoms. The van der Waals surface area contributed by atoms with Gasteiger partial charge in [-0.15, -0.1) is 0 Å². The molecule has 0 radical (unpaired) electrons. The minimum Gasteiger partial charge on any atom is -0.488 e. The minimum absolute atomic E-state index is 0.0877. The molecule has 0 fully saturated rings. The van der Waals surface area contributed by atoms with Crippen LogP contribution in [-0.2, 0) is 4.74 Å². The number of amides is 1. The van der Waals surface area contributed by atoms with Gasteiger partial charge in [-0.05, 0) is 63.8 Å². The van der Waals surface area contributed by atoms with Crippen LogP contribution in [0.1, 0.15) is 48.0 Å². The van der Waals surface area contributed by atoms with Crippen molar-refractivity contribution in [3.63, 3.8) is 0 Å². The first-order valence-electron chi connectivity index (χ1n) is 11.0. The number of nitrogens with one attached hydrogen (secondary N) is 1. The highest BCUT2D eigenvalue weighted by molar-refractivity contribution is 5.88. The summed E-state index contributed by atoms with van der Waals surface area (Å²) in [5.41, 5.74) is 1.11. The molecule has 1 N–H and O–H groups in total. The average Bonchev–Trinajstić information content (AvgIpc) is 2.70. The molecule has 1 aromatic carbocycles. The van der Waals surface area contributed by atoms with E-state index in [9.17, 15) is 9.18 Å². The van der Waals surface area contributed by atoms with E-state index in [0.29, 0.717) is 23.1 Å². The van der Waals surface area contributed by atoms with E-state index in [-0.39, 0.29) is 18.3 Å². The summed E-state index contributed by atoms with van der Waals surface area (Å²) in [5.74, 6) is -0.128. The first-order chi connectivity index (χ1) is 15.5. The number of rotatable bonds is 7. The Balaban J connectivity index is 1.78. The number of benzene rings is 1. The number of carbonyl (C=O) groups is 1. The third-order valence-electron chi connectivity index (χ3n) is 4.82. The van der Waals surface area contributed by atoms with E-state index in [1.165, 1.54) is 6.07 Å². The summed E-state index contributed by atoms with van der Waals surface area (Å²) in [6.07, 6.45) is 4.86. The summed E-state index contributed by atoms with van der Waals surface area (Å²) in [6, 6.07) is 6.52. The van der Waals surface area contributed by atoms with E-state index >= 15 is 0 Å². The Bertz CT molecular complexity index is 1120. The quantitative estimate of drug-likeness (QED) is 0.504. The molecule has 0 aliphatic rings. The van der Waals surface area contributed by atoms with Crippen LogP contribution in [0, 0.1) is 11.7 Å². The van der Waals surface area contributed by atoms with E-state index in [4.69, 9.17) is 9.47 Å². The fourth-order valence-corrected chi connectivity index (χ4v) is 3.73. The lowest BCUT2D eigenvalue weighted by Crippen LogP contribution is -2.52. The van der Waals surface area contributed by atoms with Gasteiger partial charge in [-0.25, -0.2) is 19.2 Å². The van der Waals surface area contributed by atoms with Crippen molar-refractivity contribution in [3.8, 4) is 16.9 Å². The van der Waals surface area contributed by atoms with Crippen molar-refractivity contribution < 1.29 is 18.7 Å². The lowest BCUT2D eigenvalue weighted by Gasteiger charge is -2.33. The van der Waals surface area contributed by atoms with Crippen molar-refractivity contribution in [2.75, 3.05) is 6.61 Å². The Kier molecular flexibility index (Phi) is 7.15. The zero-order valence-corrected chi connectivity index (χ0v) is 20.0. The standard InChI is InChI=1S/C25H31FN4O3/c1-16(2)14-25(6,30-23(31)33-24(3,4)5)15-32-20-8-7-17(13-19(20)26)18-9-10-28-22-21(18)27-11-12-29-22/h7-13,16H,14-15H2,1-6H3,(H,30,31)/t25-/m0/s1. The van der Waals surface area contributed by atoms with Gasteiger partial charge >= 0.3 is 6.09 Å². The summed E-state index contributed by atoms with van der Waals surface area (Å²) in [5, 5.41) is 2.90. The van der Waals surface area contributed by atoms with Gasteiger partial charge in [0.1, 0.15) is 17.7 Å². The lowest BCUT2D eigenvalue weighted by atomic mass is 9.91. The zero-order chi connectivity index (χ0) is 24.2. The molecular formula is C25H31FN4O3. The van der Waals surface area contributed by atoms with Gasteiger partial charge in [-0.3, -0.25) is 4.98 Å². The van der Waals surface area contributed by atoms with E-state index in [2.05, 4.69) is 20.3 Å². The van der Waals surface area contributed by atoms with Gasteiger partial charge in [0, 0.05) is 24.2 Å².